The Morgan fingerprint density at radius 1 is 1.32 bits per heavy atom. The average molecular weight is 282 g/mol. The van der Waals surface area contributed by atoms with E-state index in [1.165, 1.54) is 25.7 Å². The molecule has 1 fully saturated rings. The van der Waals surface area contributed by atoms with Crippen molar-refractivity contribution in [1.82, 2.24) is 0 Å². The Bertz CT molecular complexity index is 408. The molecule has 2 atom stereocenters. The van der Waals surface area contributed by atoms with Crippen LogP contribution in [0.4, 0.5) is 0 Å². The quantitative estimate of drug-likeness (QED) is 0.878. The molecule has 0 aromatic heterocycles. The second-order valence-corrected chi connectivity index (χ2v) is 5.78. The van der Waals surface area contributed by atoms with Gasteiger partial charge in [0.2, 0.25) is 0 Å². The third-order valence-corrected chi connectivity index (χ3v) is 4.39. The summed E-state index contributed by atoms with van der Waals surface area (Å²) in [5.74, 6) is 1.52. The Morgan fingerprint density at radius 2 is 2.11 bits per heavy atom. The van der Waals surface area contributed by atoms with E-state index < -0.39 is 0 Å². The average Bonchev–Trinajstić information content (AvgIpc) is 2.43. The summed E-state index contributed by atoms with van der Waals surface area (Å²) in [7, 11) is 0. The van der Waals surface area contributed by atoms with Crippen LogP contribution in [0.2, 0.25) is 5.02 Å². The summed E-state index contributed by atoms with van der Waals surface area (Å²) in [6.07, 6.45) is 7.33. The smallest absolute Gasteiger partial charge is 0.141 e. The van der Waals surface area contributed by atoms with Crippen molar-refractivity contribution in [3.63, 3.8) is 0 Å². The summed E-state index contributed by atoms with van der Waals surface area (Å²) in [6, 6.07) is 5.94. The van der Waals surface area contributed by atoms with E-state index in [0.717, 1.165) is 24.2 Å². The fourth-order valence-electron chi connectivity index (χ4n) is 2.99. The van der Waals surface area contributed by atoms with E-state index in [4.69, 9.17) is 22.1 Å². The third-order valence-electron chi connectivity index (χ3n) is 4.10. The first-order valence-corrected chi connectivity index (χ1v) is 7.78. The van der Waals surface area contributed by atoms with E-state index in [9.17, 15) is 0 Å². The summed E-state index contributed by atoms with van der Waals surface area (Å²) in [6.45, 7) is 2.87. The SMILES string of the molecule is CCC1CCCCC1Oc1c(Cl)cccc1CCN. The summed E-state index contributed by atoms with van der Waals surface area (Å²) in [4.78, 5) is 0. The lowest BCUT2D eigenvalue weighted by Gasteiger charge is -2.32. The van der Waals surface area contributed by atoms with Gasteiger partial charge in [-0.25, -0.2) is 0 Å². The van der Waals surface area contributed by atoms with Crippen LogP contribution in [0.5, 0.6) is 5.75 Å². The lowest BCUT2D eigenvalue weighted by atomic mass is 9.84. The second-order valence-electron chi connectivity index (χ2n) is 5.38. The van der Waals surface area contributed by atoms with E-state index in [1.54, 1.807) is 0 Å². The Balaban J connectivity index is 2.16. The highest BCUT2D eigenvalue weighted by Crippen LogP contribution is 2.35. The van der Waals surface area contributed by atoms with Crippen LogP contribution in [-0.2, 0) is 6.42 Å². The largest absolute Gasteiger partial charge is 0.488 e. The van der Waals surface area contributed by atoms with Crippen molar-refractivity contribution in [2.24, 2.45) is 11.7 Å². The molecule has 2 N–H and O–H groups in total. The zero-order valence-electron chi connectivity index (χ0n) is 11.7. The molecule has 0 saturated heterocycles. The minimum Gasteiger partial charge on any atom is -0.488 e. The van der Waals surface area contributed by atoms with Gasteiger partial charge in [-0.2, -0.15) is 0 Å². The topological polar surface area (TPSA) is 35.2 Å². The molecule has 1 saturated carbocycles. The van der Waals surface area contributed by atoms with E-state index in [2.05, 4.69) is 13.0 Å². The number of hydrogen-bond donors (Lipinski definition) is 1. The summed E-state index contributed by atoms with van der Waals surface area (Å²) < 4.78 is 6.29. The molecule has 1 aliphatic rings. The van der Waals surface area contributed by atoms with Gasteiger partial charge in [-0.3, -0.25) is 0 Å². The van der Waals surface area contributed by atoms with Crippen molar-refractivity contribution in [3.8, 4) is 5.75 Å². The van der Waals surface area contributed by atoms with Crippen LogP contribution in [0.1, 0.15) is 44.6 Å². The Hall–Kier alpha value is -0.730. The molecule has 1 aromatic carbocycles. The highest BCUT2D eigenvalue weighted by atomic mass is 35.5. The molecule has 1 aliphatic carbocycles. The molecular formula is C16H24ClNO. The number of hydrogen-bond acceptors (Lipinski definition) is 2. The van der Waals surface area contributed by atoms with Crippen LogP contribution in [0.15, 0.2) is 18.2 Å². The summed E-state index contributed by atoms with van der Waals surface area (Å²) in [5, 5.41) is 0.714. The van der Waals surface area contributed by atoms with Crippen LogP contribution in [-0.4, -0.2) is 12.6 Å². The molecule has 0 radical (unpaired) electrons. The maximum Gasteiger partial charge on any atom is 0.141 e. The number of rotatable bonds is 5. The first kappa shape index (κ1) is 14.7. The molecule has 3 heteroatoms. The van der Waals surface area contributed by atoms with Crippen molar-refractivity contribution >= 4 is 11.6 Å². The predicted molar refractivity (Wildman–Crippen MR) is 80.9 cm³/mol. The van der Waals surface area contributed by atoms with Gasteiger partial charge in [-0.1, -0.05) is 37.1 Å². The van der Waals surface area contributed by atoms with Crippen LogP contribution < -0.4 is 10.5 Å². The minimum absolute atomic E-state index is 0.315. The van der Waals surface area contributed by atoms with E-state index in [0.29, 0.717) is 23.6 Å². The molecule has 2 rings (SSSR count). The van der Waals surface area contributed by atoms with E-state index in [-0.39, 0.29) is 0 Å². The zero-order chi connectivity index (χ0) is 13.7. The molecular weight excluding hydrogens is 258 g/mol. The highest BCUT2D eigenvalue weighted by molar-refractivity contribution is 6.32. The number of ether oxygens (including phenoxy) is 1. The van der Waals surface area contributed by atoms with Gasteiger partial charge < -0.3 is 10.5 Å². The number of halogens is 1. The maximum atomic E-state index is 6.31. The van der Waals surface area contributed by atoms with Gasteiger partial charge in [0, 0.05) is 0 Å². The molecule has 0 aliphatic heterocycles. The molecule has 2 unspecified atom stereocenters. The molecule has 0 spiro atoms. The number of para-hydroxylation sites is 1. The minimum atomic E-state index is 0.315. The monoisotopic (exact) mass is 281 g/mol. The van der Waals surface area contributed by atoms with Gasteiger partial charge in [0.1, 0.15) is 11.9 Å². The molecule has 19 heavy (non-hydrogen) atoms. The van der Waals surface area contributed by atoms with Crippen molar-refractivity contribution in [2.75, 3.05) is 6.54 Å². The molecule has 106 valence electrons. The zero-order valence-corrected chi connectivity index (χ0v) is 12.5. The van der Waals surface area contributed by atoms with Gasteiger partial charge in [-0.15, -0.1) is 0 Å². The second kappa shape index (κ2) is 7.16. The van der Waals surface area contributed by atoms with Crippen LogP contribution in [0.3, 0.4) is 0 Å². The van der Waals surface area contributed by atoms with Gasteiger partial charge in [0.05, 0.1) is 5.02 Å². The van der Waals surface area contributed by atoms with E-state index >= 15 is 0 Å². The number of nitrogens with two attached hydrogens (primary N) is 1. The predicted octanol–water partition coefficient (Wildman–Crippen LogP) is 4.19. The normalized spacial score (nSPS) is 23.3. The molecule has 0 bridgehead atoms. The lowest BCUT2D eigenvalue weighted by Crippen LogP contribution is -2.30. The Morgan fingerprint density at radius 3 is 2.84 bits per heavy atom. The standard InChI is InChI=1S/C16H24ClNO/c1-2-12-6-3-4-9-15(12)19-16-13(10-11-18)7-5-8-14(16)17/h5,7-8,12,15H,2-4,6,9-11,18H2,1H3. The lowest BCUT2D eigenvalue weighted by molar-refractivity contribution is 0.0895. The maximum absolute atomic E-state index is 6.31. The van der Waals surface area contributed by atoms with Gasteiger partial charge in [0.25, 0.3) is 0 Å². The van der Waals surface area contributed by atoms with Gasteiger partial charge in [-0.05, 0) is 56.2 Å². The van der Waals surface area contributed by atoms with E-state index in [1.807, 2.05) is 12.1 Å². The first-order valence-electron chi connectivity index (χ1n) is 7.40. The van der Waals surface area contributed by atoms with Crippen molar-refractivity contribution in [2.45, 2.75) is 51.6 Å². The molecule has 0 amide bonds. The van der Waals surface area contributed by atoms with Gasteiger partial charge >= 0.3 is 0 Å². The highest BCUT2D eigenvalue weighted by Gasteiger charge is 2.26. The van der Waals surface area contributed by atoms with Crippen molar-refractivity contribution in [3.05, 3.63) is 28.8 Å². The van der Waals surface area contributed by atoms with Crippen molar-refractivity contribution < 1.29 is 4.74 Å². The Labute approximate surface area is 121 Å². The molecule has 2 nitrogen and oxygen atoms in total. The fraction of sp³-hybridized carbons (Fsp3) is 0.625. The van der Waals surface area contributed by atoms with Gasteiger partial charge in [0.15, 0.2) is 0 Å². The molecule has 1 aromatic rings. The molecule has 0 heterocycles. The third kappa shape index (κ3) is 3.64. The Kier molecular flexibility index (Phi) is 5.53. The van der Waals surface area contributed by atoms with Crippen molar-refractivity contribution in [1.29, 1.82) is 0 Å². The van der Waals surface area contributed by atoms with Crippen LogP contribution >= 0.6 is 11.6 Å². The summed E-state index contributed by atoms with van der Waals surface area (Å²) in [5.41, 5.74) is 6.80. The van der Waals surface area contributed by atoms with Crippen LogP contribution in [0.25, 0.3) is 0 Å². The first-order chi connectivity index (χ1) is 9.26. The number of benzene rings is 1. The van der Waals surface area contributed by atoms with Crippen LogP contribution in [0, 0.1) is 5.92 Å². The summed E-state index contributed by atoms with van der Waals surface area (Å²) >= 11 is 6.31. The fourth-order valence-corrected chi connectivity index (χ4v) is 3.22.